The first-order valence-electron chi connectivity index (χ1n) is 8.20. The van der Waals surface area contributed by atoms with Crippen LogP contribution in [-0.4, -0.2) is 40.9 Å². The van der Waals surface area contributed by atoms with Crippen LogP contribution in [0.4, 0.5) is 5.82 Å². The molecular formula is C16H26N4O2. The zero-order valence-electron chi connectivity index (χ0n) is 13.1. The number of hydrogen-bond acceptors (Lipinski definition) is 5. The molecule has 22 heavy (non-hydrogen) atoms. The van der Waals surface area contributed by atoms with Gasteiger partial charge < -0.3 is 15.7 Å². The zero-order valence-corrected chi connectivity index (χ0v) is 13.1. The fourth-order valence-corrected chi connectivity index (χ4v) is 2.97. The van der Waals surface area contributed by atoms with Gasteiger partial charge in [0.15, 0.2) is 11.5 Å². The lowest BCUT2D eigenvalue weighted by molar-refractivity contribution is 0.0994. The Kier molecular flexibility index (Phi) is 6.58. The lowest BCUT2D eigenvalue weighted by Crippen LogP contribution is -2.34. The van der Waals surface area contributed by atoms with Gasteiger partial charge >= 0.3 is 0 Å². The zero-order chi connectivity index (χ0) is 15.8. The number of aromatic nitrogens is 2. The Balaban J connectivity index is 1.71. The van der Waals surface area contributed by atoms with E-state index in [9.17, 15) is 4.79 Å². The highest BCUT2D eigenvalue weighted by Gasteiger charge is 2.20. The van der Waals surface area contributed by atoms with Crippen molar-refractivity contribution >= 4 is 11.7 Å². The minimum Gasteiger partial charge on any atom is -0.396 e. The fraction of sp³-hybridized carbons (Fsp3) is 0.688. The standard InChI is InChI=1S/C16H26N4O2/c17-16(22)14-6-7-15(19-18-14)20-10-8-13(9-11-20)5-3-1-2-4-12-21/h6-7,13,21H,1-5,8-12H2,(H2,17,22). The second kappa shape index (κ2) is 8.68. The Morgan fingerprint density at radius 3 is 2.50 bits per heavy atom. The predicted octanol–water partition coefficient (Wildman–Crippen LogP) is 1.73. The van der Waals surface area contributed by atoms with Crippen molar-refractivity contribution in [2.24, 2.45) is 11.7 Å². The minimum absolute atomic E-state index is 0.210. The molecule has 1 aromatic rings. The second-order valence-electron chi connectivity index (χ2n) is 6.00. The number of piperidine rings is 1. The first kappa shape index (κ1) is 16.7. The van der Waals surface area contributed by atoms with Gasteiger partial charge in [0, 0.05) is 19.7 Å². The molecule has 1 amide bonds. The largest absolute Gasteiger partial charge is 0.396 e. The smallest absolute Gasteiger partial charge is 0.269 e. The molecule has 0 bridgehead atoms. The van der Waals surface area contributed by atoms with E-state index >= 15 is 0 Å². The Morgan fingerprint density at radius 2 is 1.91 bits per heavy atom. The molecule has 6 nitrogen and oxygen atoms in total. The molecular weight excluding hydrogens is 280 g/mol. The maximum Gasteiger partial charge on any atom is 0.269 e. The molecule has 0 aliphatic carbocycles. The average Bonchev–Trinajstić information content (AvgIpc) is 2.55. The molecule has 122 valence electrons. The second-order valence-corrected chi connectivity index (χ2v) is 6.00. The highest BCUT2D eigenvalue weighted by Crippen LogP contribution is 2.25. The molecule has 1 saturated heterocycles. The molecule has 0 aromatic carbocycles. The van der Waals surface area contributed by atoms with Crippen LogP contribution in [0.15, 0.2) is 12.1 Å². The van der Waals surface area contributed by atoms with E-state index in [-0.39, 0.29) is 5.69 Å². The molecule has 1 aliphatic rings. The molecule has 0 unspecified atom stereocenters. The van der Waals surface area contributed by atoms with Gasteiger partial charge in [-0.1, -0.05) is 25.7 Å². The third-order valence-corrected chi connectivity index (χ3v) is 4.36. The van der Waals surface area contributed by atoms with Crippen molar-refractivity contribution in [1.29, 1.82) is 0 Å². The van der Waals surface area contributed by atoms with Crippen LogP contribution in [0.25, 0.3) is 0 Å². The number of primary amides is 1. The number of carbonyl (C=O) groups excluding carboxylic acids is 1. The van der Waals surface area contributed by atoms with E-state index in [0.29, 0.717) is 6.61 Å². The average molecular weight is 306 g/mol. The van der Waals surface area contributed by atoms with Gasteiger partial charge in [-0.2, -0.15) is 0 Å². The Labute approximate surface area is 131 Å². The number of nitrogens with two attached hydrogens (primary N) is 1. The molecule has 2 heterocycles. The van der Waals surface area contributed by atoms with E-state index in [1.54, 1.807) is 6.07 Å². The van der Waals surface area contributed by atoms with Crippen molar-refractivity contribution in [1.82, 2.24) is 10.2 Å². The van der Waals surface area contributed by atoms with Crippen molar-refractivity contribution in [2.45, 2.75) is 44.9 Å². The molecule has 3 N–H and O–H groups in total. The van der Waals surface area contributed by atoms with E-state index in [1.165, 1.54) is 32.1 Å². The third-order valence-electron chi connectivity index (χ3n) is 4.36. The number of unbranched alkanes of at least 4 members (excludes halogenated alkanes) is 3. The number of rotatable bonds is 8. The maximum absolute atomic E-state index is 11.0. The summed E-state index contributed by atoms with van der Waals surface area (Å²) in [5.41, 5.74) is 5.38. The van der Waals surface area contributed by atoms with Crippen molar-refractivity contribution in [2.75, 3.05) is 24.6 Å². The fourth-order valence-electron chi connectivity index (χ4n) is 2.97. The summed E-state index contributed by atoms with van der Waals surface area (Å²) >= 11 is 0. The molecule has 0 spiro atoms. The van der Waals surface area contributed by atoms with E-state index in [2.05, 4.69) is 15.1 Å². The topological polar surface area (TPSA) is 92.3 Å². The van der Waals surface area contributed by atoms with Gasteiger partial charge in [0.1, 0.15) is 0 Å². The number of carbonyl (C=O) groups is 1. The Morgan fingerprint density at radius 1 is 1.18 bits per heavy atom. The van der Waals surface area contributed by atoms with Gasteiger partial charge in [-0.05, 0) is 37.3 Å². The van der Waals surface area contributed by atoms with Gasteiger partial charge in [-0.15, -0.1) is 10.2 Å². The molecule has 6 heteroatoms. The SMILES string of the molecule is NC(=O)c1ccc(N2CCC(CCCCCCO)CC2)nn1. The van der Waals surface area contributed by atoms with Gasteiger partial charge in [0.25, 0.3) is 5.91 Å². The molecule has 1 aliphatic heterocycles. The molecule has 0 atom stereocenters. The number of hydrogen-bond donors (Lipinski definition) is 2. The molecule has 2 rings (SSSR count). The summed E-state index contributed by atoms with van der Waals surface area (Å²) in [7, 11) is 0. The Bertz CT molecular complexity index is 456. The molecule has 0 saturated carbocycles. The summed E-state index contributed by atoms with van der Waals surface area (Å²) < 4.78 is 0. The van der Waals surface area contributed by atoms with Crippen LogP contribution < -0.4 is 10.6 Å². The maximum atomic E-state index is 11.0. The number of aliphatic hydroxyl groups is 1. The van der Waals surface area contributed by atoms with Gasteiger partial charge in [0.05, 0.1) is 0 Å². The third kappa shape index (κ3) is 4.94. The van der Waals surface area contributed by atoms with Crippen molar-refractivity contribution in [3.05, 3.63) is 17.8 Å². The first-order valence-corrected chi connectivity index (χ1v) is 8.20. The molecule has 1 aromatic heterocycles. The van der Waals surface area contributed by atoms with Crippen LogP contribution in [0.5, 0.6) is 0 Å². The lowest BCUT2D eigenvalue weighted by Gasteiger charge is -2.32. The highest BCUT2D eigenvalue weighted by molar-refractivity contribution is 5.90. The quantitative estimate of drug-likeness (QED) is 0.714. The summed E-state index contributed by atoms with van der Waals surface area (Å²) in [6.07, 6.45) is 8.19. The summed E-state index contributed by atoms with van der Waals surface area (Å²) in [6, 6.07) is 3.46. The number of anilines is 1. The van der Waals surface area contributed by atoms with E-state index in [0.717, 1.165) is 37.7 Å². The van der Waals surface area contributed by atoms with E-state index < -0.39 is 5.91 Å². The number of aliphatic hydroxyl groups excluding tert-OH is 1. The van der Waals surface area contributed by atoms with Crippen LogP contribution in [0.3, 0.4) is 0 Å². The summed E-state index contributed by atoms with van der Waals surface area (Å²) in [5.74, 6) is 1.08. The number of amides is 1. The van der Waals surface area contributed by atoms with E-state index in [1.807, 2.05) is 6.07 Å². The summed E-state index contributed by atoms with van der Waals surface area (Å²) in [4.78, 5) is 13.2. The minimum atomic E-state index is -0.543. The van der Waals surface area contributed by atoms with Gasteiger partial charge in [-0.3, -0.25) is 4.79 Å². The number of nitrogens with zero attached hydrogens (tertiary/aromatic N) is 3. The van der Waals surface area contributed by atoms with Crippen LogP contribution in [0, 0.1) is 5.92 Å². The van der Waals surface area contributed by atoms with Crippen LogP contribution in [-0.2, 0) is 0 Å². The van der Waals surface area contributed by atoms with Crippen LogP contribution >= 0.6 is 0 Å². The summed E-state index contributed by atoms with van der Waals surface area (Å²) in [6.45, 7) is 2.30. The van der Waals surface area contributed by atoms with Gasteiger partial charge in [0.2, 0.25) is 0 Å². The van der Waals surface area contributed by atoms with Crippen molar-refractivity contribution < 1.29 is 9.90 Å². The first-order chi connectivity index (χ1) is 10.7. The van der Waals surface area contributed by atoms with E-state index in [4.69, 9.17) is 10.8 Å². The predicted molar refractivity (Wildman–Crippen MR) is 85.7 cm³/mol. The molecule has 1 fully saturated rings. The monoisotopic (exact) mass is 306 g/mol. The van der Waals surface area contributed by atoms with Crippen molar-refractivity contribution in [3.8, 4) is 0 Å². The Hall–Kier alpha value is -1.69. The lowest BCUT2D eigenvalue weighted by atomic mass is 9.91. The normalized spacial score (nSPS) is 16.0. The summed E-state index contributed by atoms with van der Waals surface area (Å²) in [5, 5.41) is 16.7. The highest BCUT2D eigenvalue weighted by atomic mass is 16.2. The van der Waals surface area contributed by atoms with Crippen LogP contribution in [0.2, 0.25) is 0 Å². The van der Waals surface area contributed by atoms with Crippen molar-refractivity contribution in [3.63, 3.8) is 0 Å². The molecule has 0 radical (unpaired) electrons. The van der Waals surface area contributed by atoms with Gasteiger partial charge in [-0.25, -0.2) is 0 Å². The van der Waals surface area contributed by atoms with Crippen LogP contribution in [0.1, 0.15) is 55.4 Å².